The molecule has 3 heterocycles. The van der Waals surface area contributed by atoms with E-state index in [9.17, 15) is 0 Å². The molecule has 5 nitrogen and oxygen atoms in total. The van der Waals surface area contributed by atoms with Crippen molar-refractivity contribution in [3.63, 3.8) is 0 Å². The van der Waals surface area contributed by atoms with Gasteiger partial charge in [-0.05, 0) is 29.5 Å². The van der Waals surface area contributed by atoms with Crippen molar-refractivity contribution in [1.29, 1.82) is 0 Å². The highest BCUT2D eigenvalue weighted by atomic mass is 32.1. The first-order valence-corrected chi connectivity index (χ1v) is 8.87. The summed E-state index contributed by atoms with van der Waals surface area (Å²) < 4.78 is 1.93. The molecular formula is C18H18N4OS. The molecule has 1 aromatic carbocycles. The minimum absolute atomic E-state index is 0.00919. The number of aliphatic hydroxyl groups is 1. The molecule has 0 radical (unpaired) electrons. The maximum atomic E-state index is 9.04. The highest BCUT2D eigenvalue weighted by Crippen LogP contribution is 2.33. The van der Waals surface area contributed by atoms with Gasteiger partial charge in [0.25, 0.3) is 0 Å². The van der Waals surface area contributed by atoms with Gasteiger partial charge in [-0.1, -0.05) is 36.4 Å². The van der Waals surface area contributed by atoms with E-state index in [-0.39, 0.29) is 12.6 Å². The molecule has 2 N–H and O–H groups in total. The molecule has 4 rings (SSSR count). The SMILES string of the molecule is OCCCc1nc2n(n1)[C@H](c1ccccc1)C=C(c1cccs1)N2. The van der Waals surface area contributed by atoms with Crippen LogP contribution in [0.5, 0.6) is 0 Å². The van der Waals surface area contributed by atoms with E-state index in [2.05, 4.69) is 45.1 Å². The van der Waals surface area contributed by atoms with E-state index in [0.29, 0.717) is 12.8 Å². The predicted molar refractivity (Wildman–Crippen MR) is 95.9 cm³/mol. The first-order chi connectivity index (χ1) is 11.8. The summed E-state index contributed by atoms with van der Waals surface area (Å²) in [4.78, 5) is 5.80. The van der Waals surface area contributed by atoms with E-state index in [0.717, 1.165) is 17.5 Å². The molecule has 0 aliphatic carbocycles. The maximum absolute atomic E-state index is 9.04. The molecule has 1 atom stereocenters. The van der Waals surface area contributed by atoms with Crippen LogP contribution in [0.3, 0.4) is 0 Å². The molecule has 0 unspecified atom stereocenters. The van der Waals surface area contributed by atoms with Gasteiger partial charge in [-0.25, -0.2) is 4.68 Å². The number of thiophene rings is 1. The van der Waals surface area contributed by atoms with Gasteiger partial charge in [0.05, 0.1) is 10.6 Å². The van der Waals surface area contributed by atoms with Crippen LogP contribution in [-0.2, 0) is 6.42 Å². The van der Waals surface area contributed by atoms with Crippen LogP contribution < -0.4 is 5.32 Å². The van der Waals surface area contributed by atoms with Crippen LogP contribution in [0.2, 0.25) is 0 Å². The summed E-state index contributed by atoms with van der Waals surface area (Å²) in [6, 6.07) is 14.5. The number of aromatic nitrogens is 3. The lowest BCUT2D eigenvalue weighted by molar-refractivity contribution is 0.287. The molecule has 0 bridgehead atoms. The highest BCUT2D eigenvalue weighted by Gasteiger charge is 2.25. The van der Waals surface area contributed by atoms with Crippen LogP contribution in [0, 0.1) is 0 Å². The summed E-state index contributed by atoms with van der Waals surface area (Å²) in [6.45, 7) is 0.151. The fourth-order valence-electron chi connectivity index (χ4n) is 2.84. The van der Waals surface area contributed by atoms with Gasteiger partial charge in [0.2, 0.25) is 5.95 Å². The molecule has 0 spiro atoms. The summed E-state index contributed by atoms with van der Waals surface area (Å²) in [5.41, 5.74) is 2.24. The topological polar surface area (TPSA) is 63.0 Å². The second-order valence-electron chi connectivity index (χ2n) is 5.66. The first kappa shape index (κ1) is 15.1. The summed E-state index contributed by atoms with van der Waals surface area (Å²) in [5, 5.41) is 19.2. The molecule has 0 fully saturated rings. The van der Waals surface area contributed by atoms with Crippen LogP contribution in [0.15, 0.2) is 53.9 Å². The number of nitrogens with zero attached hydrogens (tertiary/aromatic N) is 3. The number of nitrogens with one attached hydrogen (secondary N) is 1. The molecule has 0 amide bonds. The number of hydrogen-bond acceptors (Lipinski definition) is 5. The van der Waals surface area contributed by atoms with Gasteiger partial charge in [0.15, 0.2) is 5.82 Å². The summed E-state index contributed by atoms with van der Waals surface area (Å²) in [6.07, 6.45) is 3.54. The molecule has 3 aromatic rings. The number of hydrogen-bond donors (Lipinski definition) is 2. The number of allylic oxidation sites excluding steroid dienone is 1. The Morgan fingerprint density at radius 1 is 1.17 bits per heavy atom. The van der Waals surface area contributed by atoms with Crippen molar-refractivity contribution in [3.05, 3.63) is 70.2 Å². The van der Waals surface area contributed by atoms with E-state index in [4.69, 9.17) is 5.11 Å². The van der Waals surface area contributed by atoms with Gasteiger partial charge in [-0.3, -0.25) is 0 Å². The average molecular weight is 338 g/mol. The van der Waals surface area contributed by atoms with Crippen LogP contribution in [0.4, 0.5) is 5.95 Å². The molecule has 1 aliphatic rings. The Morgan fingerprint density at radius 2 is 2.04 bits per heavy atom. The molecule has 6 heteroatoms. The zero-order valence-corrected chi connectivity index (χ0v) is 13.9. The van der Waals surface area contributed by atoms with Crippen molar-refractivity contribution >= 4 is 23.0 Å². The fourth-order valence-corrected chi connectivity index (χ4v) is 3.55. The molecule has 0 saturated carbocycles. The Hall–Kier alpha value is -2.44. The molecule has 0 saturated heterocycles. The van der Waals surface area contributed by atoms with Gasteiger partial charge in [0, 0.05) is 13.0 Å². The standard InChI is InChI=1S/C18H18N4OS/c23-10-4-9-17-20-18-19-14(16-8-5-11-24-16)12-15(22(18)21-17)13-6-2-1-3-7-13/h1-3,5-8,11-12,15,23H,4,9-10H2,(H,19,20,21)/t15-/m0/s1. The number of anilines is 1. The van der Waals surface area contributed by atoms with Gasteiger partial charge in [0.1, 0.15) is 6.04 Å². The smallest absolute Gasteiger partial charge is 0.226 e. The van der Waals surface area contributed by atoms with Gasteiger partial charge < -0.3 is 10.4 Å². The monoisotopic (exact) mass is 338 g/mol. The van der Waals surface area contributed by atoms with Crippen LogP contribution in [-0.4, -0.2) is 26.5 Å². The van der Waals surface area contributed by atoms with Crippen LogP contribution >= 0.6 is 11.3 Å². The Morgan fingerprint density at radius 3 is 2.79 bits per heavy atom. The van der Waals surface area contributed by atoms with Gasteiger partial charge in [-0.15, -0.1) is 11.3 Å². The van der Waals surface area contributed by atoms with E-state index < -0.39 is 0 Å². The molecule has 2 aromatic heterocycles. The van der Waals surface area contributed by atoms with Crippen molar-refractivity contribution in [2.24, 2.45) is 0 Å². The number of aliphatic hydroxyl groups excluding tert-OH is 1. The van der Waals surface area contributed by atoms with Crippen molar-refractivity contribution in [2.45, 2.75) is 18.9 Å². The number of benzene rings is 1. The zero-order chi connectivity index (χ0) is 16.4. The lowest BCUT2D eigenvalue weighted by Gasteiger charge is -2.23. The van der Waals surface area contributed by atoms with Crippen LogP contribution in [0.1, 0.15) is 28.7 Å². The lowest BCUT2D eigenvalue weighted by Crippen LogP contribution is -2.19. The molecule has 1 aliphatic heterocycles. The average Bonchev–Trinajstić information content (AvgIpc) is 3.29. The Bertz CT molecular complexity index is 839. The third-order valence-electron chi connectivity index (χ3n) is 4.00. The Kier molecular flexibility index (Phi) is 4.15. The second-order valence-corrected chi connectivity index (χ2v) is 6.61. The Labute approximate surface area is 144 Å². The number of aryl methyl sites for hydroxylation is 1. The predicted octanol–water partition coefficient (Wildman–Crippen LogP) is 3.32. The number of fused-ring (bicyclic) bond motifs is 1. The normalized spacial score (nSPS) is 16.4. The largest absolute Gasteiger partial charge is 0.396 e. The minimum Gasteiger partial charge on any atom is -0.396 e. The van der Waals surface area contributed by atoms with Crippen molar-refractivity contribution in [3.8, 4) is 0 Å². The summed E-state index contributed by atoms with van der Waals surface area (Å²) in [7, 11) is 0. The van der Waals surface area contributed by atoms with Crippen molar-refractivity contribution < 1.29 is 5.11 Å². The van der Waals surface area contributed by atoms with Crippen LogP contribution in [0.25, 0.3) is 5.70 Å². The van der Waals surface area contributed by atoms with Gasteiger partial charge in [-0.2, -0.15) is 10.1 Å². The first-order valence-electron chi connectivity index (χ1n) is 7.99. The quantitative estimate of drug-likeness (QED) is 0.749. The minimum atomic E-state index is 0.00919. The molecule has 24 heavy (non-hydrogen) atoms. The van der Waals surface area contributed by atoms with Crippen molar-refractivity contribution in [2.75, 3.05) is 11.9 Å². The van der Waals surface area contributed by atoms with E-state index in [1.54, 1.807) is 11.3 Å². The molecular weight excluding hydrogens is 320 g/mol. The summed E-state index contributed by atoms with van der Waals surface area (Å²) in [5.74, 6) is 1.51. The van der Waals surface area contributed by atoms with E-state index in [1.165, 1.54) is 10.4 Å². The molecule has 122 valence electrons. The highest BCUT2D eigenvalue weighted by molar-refractivity contribution is 7.11. The third kappa shape index (κ3) is 2.86. The second kappa shape index (κ2) is 6.59. The van der Waals surface area contributed by atoms with E-state index >= 15 is 0 Å². The number of rotatable bonds is 5. The summed E-state index contributed by atoms with van der Waals surface area (Å²) >= 11 is 1.70. The van der Waals surface area contributed by atoms with Gasteiger partial charge >= 0.3 is 0 Å². The van der Waals surface area contributed by atoms with Crippen molar-refractivity contribution in [1.82, 2.24) is 14.8 Å². The lowest BCUT2D eigenvalue weighted by atomic mass is 10.0. The zero-order valence-electron chi connectivity index (χ0n) is 13.1. The van der Waals surface area contributed by atoms with E-state index in [1.807, 2.05) is 28.9 Å². The Balaban J connectivity index is 1.76. The third-order valence-corrected chi connectivity index (χ3v) is 4.90. The maximum Gasteiger partial charge on any atom is 0.226 e. The fraction of sp³-hybridized carbons (Fsp3) is 0.222.